The molecule has 0 fully saturated rings. The first-order valence-electron chi connectivity index (χ1n) is 6.33. The van der Waals surface area contributed by atoms with E-state index in [1.54, 1.807) is 0 Å². The van der Waals surface area contributed by atoms with Crippen LogP contribution in [-0.4, -0.2) is 7.05 Å². The molecule has 0 aliphatic carbocycles. The lowest BCUT2D eigenvalue weighted by molar-refractivity contribution is 0.369. The highest BCUT2D eigenvalue weighted by Crippen LogP contribution is 2.37. The topological polar surface area (TPSA) is 12.0 Å². The molecule has 0 radical (unpaired) electrons. The monoisotopic (exact) mass is 259 g/mol. The van der Waals surface area contributed by atoms with Crippen molar-refractivity contribution in [2.24, 2.45) is 0 Å². The van der Waals surface area contributed by atoms with Crippen LogP contribution in [0.5, 0.6) is 0 Å². The summed E-state index contributed by atoms with van der Waals surface area (Å²) < 4.78 is 0. The largest absolute Gasteiger partial charge is 0.312 e. The molecule has 2 aromatic rings. The zero-order valence-corrected chi connectivity index (χ0v) is 12.3. The molecule has 96 valence electrons. The van der Waals surface area contributed by atoms with Gasteiger partial charge in [-0.1, -0.05) is 44.2 Å². The van der Waals surface area contributed by atoms with Gasteiger partial charge in [-0.2, -0.15) is 0 Å². The van der Waals surface area contributed by atoms with Crippen molar-refractivity contribution in [2.45, 2.75) is 32.2 Å². The zero-order valence-electron chi connectivity index (χ0n) is 11.5. The van der Waals surface area contributed by atoms with Crippen LogP contribution in [0.1, 0.15) is 35.9 Å². The smallest absolute Gasteiger partial charge is 0.0418 e. The predicted octanol–water partition coefficient (Wildman–Crippen LogP) is 4.29. The SMILES string of the molecule is CNC(c1csc(C)c1)C(C)(C)c1ccccc1. The number of aryl methyl sites for hydroxylation is 1. The number of hydrogen-bond acceptors (Lipinski definition) is 2. The minimum absolute atomic E-state index is 0.0729. The molecule has 1 heterocycles. The second-order valence-electron chi connectivity index (χ2n) is 5.30. The molecule has 1 N–H and O–H groups in total. The van der Waals surface area contributed by atoms with Crippen molar-refractivity contribution in [1.82, 2.24) is 5.32 Å². The molecule has 2 heteroatoms. The number of benzene rings is 1. The Bertz CT molecular complexity index is 499. The summed E-state index contributed by atoms with van der Waals surface area (Å²) in [5.41, 5.74) is 2.82. The van der Waals surface area contributed by atoms with Crippen molar-refractivity contribution in [3.63, 3.8) is 0 Å². The summed E-state index contributed by atoms with van der Waals surface area (Å²) in [7, 11) is 2.04. The van der Waals surface area contributed by atoms with E-state index in [-0.39, 0.29) is 5.41 Å². The number of nitrogens with one attached hydrogen (secondary N) is 1. The fourth-order valence-electron chi connectivity index (χ4n) is 2.59. The first kappa shape index (κ1) is 13.3. The van der Waals surface area contributed by atoms with E-state index in [0.717, 1.165) is 0 Å². The van der Waals surface area contributed by atoms with E-state index in [1.165, 1.54) is 16.0 Å². The minimum Gasteiger partial charge on any atom is -0.312 e. The van der Waals surface area contributed by atoms with E-state index < -0.39 is 0 Å². The third kappa shape index (κ3) is 2.50. The van der Waals surface area contributed by atoms with Gasteiger partial charge < -0.3 is 5.32 Å². The van der Waals surface area contributed by atoms with Crippen LogP contribution < -0.4 is 5.32 Å². The molecule has 1 nitrogen and oxygen atoms in total. The van der Waals surface area contributed by atoms with Gasteiger partial charge in [0.2, 0.25) is 0 Å². The molecule has 0 aliphatic heterocycles. The van der Waals surface area contributed by atoms with E-state index in [2.05, 4.69) is 67.9 Å². The second kappa shape index (κ2) is 5.25. The van der Waals surface area contributed by atoms with Gasteiger partial charge in [-0.25, -0.2) is 0 Å². The average Bonchev–Trinajstić information content (AvgIpc) is 2.77. The predicted molar refractivity (Wildman–Crippen MR) is 80.3 cm³/mol. The fraction of sp³-hybridized carbons (Fsp3) is 0.375. The third-order valence-electron chi connectivity index (χ3n) is 3.61. The van der Waals surface area contributed by atoms with E-state index in [9.17, 15) is 0 Å². The first-order chi connectivity index (χ1) is 8.55. The fourth-order valence-corrected chi connectivity index (χ4v) is 3.32. The number of thiophene rings is 1. The number of hydrogen-bond donors (Lipinski definition) is 1. The van der Waals surface area contributed by atoms with Crippen LogP contribution in [0.2, 0.25) is 0 Å². The summed E-state index contributed by atoms with van der Waals surface area (Å²) in [4.78, 5) is 1.37. The minimum atomic E-state index is 0.0729. The summed E-state index contributed by atoms with van der Waals surface area (Å²) >= 11 is 1.82. The Kier molecular flexibility index (Phi) is 3.88. The molecule has 1 atom stereocenters. The summed E-state index contributed by atoms with van der Waals surface area (Å²) in [6, 6.07) is 13.3. The van der Waals surface area contributed by atoms with Crippen LogP contribution in [-0.2, 0) is 5.41 Å². The Labute approximate surface area is 114 Å². The van der Waals surface area contributed by atoms with E-state index in [4.69, 9.17) is 0 Å². The molecule has 0 saturated heterocycles. The molecule has 1 unspecified atom stereocenters. The van der Waals surface area contributed by atoms with Crippen LogP contribution in [0.15, 0.2) is 41.8 Å². The highest BCUT2D eigenvalue weighted by molar-refractivity contribution is 7.10. The maximum atomic E-state index is 3.48. The second-order valence-corrected chi connectivity index (χ2v) is 6.42. The Morgan fingerprint density at radius 2 is 1.83 bits per heavy atom. The van der Waals surface area contributed by atoms with Crippen molar-refractivity contribution >= 4 is 11.3 Å². The van der Waals surface area contributed by atoms with Crippen LogP contribution in [0, 0.1) is 6.92 Å². The molecule has 0 amide bonds. The molecule has 0 bridgehead atoms. The molecule has 2 rings (SSSR count). The molecule has 1 aromatic carbocycles. The third-order valence-corrected chi connectivity index (χ3v) is 4.49. The van der Waals surface area contributed by atoms with E-state index >= 15 is 0 Å². The maximum absolute atomic E-state index is 3.48. The van der Waals surface area contributed by atoms with Crippen LogP contribution in [0.3, 0.4) is 0 Å². The van der Waals surface area contributed by atoms with Crippen LogP contribution in [0.25, 0.3) is 0 Å². The summed E-state index contributed by atoms with van der Waals surface area (Å²) in [6.45, 7) is 6.77. The lowest BCUT2D eigenvalue weighted by atomic mass is 9.75. The van der Waals surface area contributed by atoms with Crippen molar-refractivity contribution in [2.75, 3.05) is 7.05 Å². The molecule has 0 spiro atoms. The van der Waals surface area contributed by atoms with Gasteiger partial charge >= 0.3 is 0 Å². The molecule has 0 aliphatic rings. The van der Waals surface area contributed by atoms with Gasteiger partial charge in [0.15, 0.2) is 0 Å². The summed E-state index contributed by atoms with van der Waals surface area (Å²) in [5, 5.41) is 5.74. The highest BCUT2D eigenvalue weighted by Gasteiger charge is 2.31. The zero-order chi connectivity index (χ0) is 13.2. The molecular weight excluding hydrogens is 238 g/mol. The number of likely N-dealkylation sites (N-methyl/N-ethyl adjacent to an activating group) is 1. The van der Waals surface area contributed by atoms with Crippen LogP contribution >= 0.6 is 11.3 Å². The van der Waals surface area contributed by atoms with Crippen molar-refractivity contribution in [1.29, 1.82) is 0 Å². The van der Waals surface area contributed by atoms with E-state index in [1.807, 2.05) is 18.4 Å². The standard InChI is InChI=1S/C16H21NS/c1-12-10-13(11-18-12)15(17-4)16(2,3)14-8-6-5-7-9-14/h5-11,15,17H,1-4H3. The van der Waals surface area contributed by atoms with Gasteiger partial charge in [0.05, 0.1) is 0 Å². The quantitative estimate of drug-likeness (QED) is 0.863. The first-order valence-corrected chi connectivity index (χ1v) is 7.21. The van der Waals surface area contributed by atoms with Gasteiger partial charge in [0.1, 0.15) is 0 Å². The van der Waals surface area contributed by atoms with Gasteiger partial charge in [0, 0.05) is 16.3 Å². The normalized spacial score (nSPS) is 13.6. The van der Waals surface area contributed by atoms with Gasteiger partial charge in [-0.15, -0.1) is 11.3 Å². The van der Waals surface area contributed by atoms with Crippen LogP contribution in [0.4, 0.5) is 0 Å². The summed E-state index contributed by atoms with van der Waals surface area (Å²) in [5.74, 6) is 0. The van der Waals surface area contributed by atoms with Crippen molar-refractivity contribution < 1.29 is 0 Å². The lowest BCUT2D eigenvalue weighted by Crippen LogP contribution is -2.35. The molecular formula is C16H21NS. The molecule has 0 saturated carbocycles. The lowest BCUT2D eigenvalue weighted by Gasteiger charge is -2.34. The van der Waals surface area contributed by atoms with Gasteiger partial charge in [-0.3, -0.25) is 0 Å². The Balaban J connectivity index is 2.38. The van der Waals surface area contributed by atoms with Crippen molar-refractivity contribution in [3.8, 4) is 0 Å². The highest BCUT2D eigenvalue weighted by atomic mass is 32.1. The average molecular weight is 259 g/mol. The Morgan fingerprint density at radius 3 is 2.33 bits per heavy atom. The Morgan fingerprint density at radius 1 is 1.17 bits per heavy atom. The maximum Gasteiger partial charge on any atom is 0.0418 e. The molecule has 18 heavy (non-hydrogen) atoms. The van der Waals surface area contributed by atoms with Crippen molar-refractivity contribution in [3.05, 3.63) is 57.8 Å². The van der Waals surface area contributed by atoms with E-state index in [0.29, 0.717) is 6.04 Å². The Hall–Kier alpha value is -1.12. The van der Waals surface area contributed by atoms with Gasteiger partial charge in [-0.05, 0) is 36.5 Å². The molecule has 1 aromatic heterocycles. The summed E-state index contributed by atoms with van der Waals surface area (Å²) in [6.07, 6.45) is 0. The van der Waals surface area contributed by atoms with Gasteiger partial charge in [0.25, 0.3) is 0 Å². The number of rotatable bonds is 4.